The zero-order valence-electron chi connectivity index (χ0n) is 20.4. The molecule has 4 rings (SSSR count). The second-order valence-electron chi connectivity index (χ2n) is 8.52. The highest BCUT2D eigenvalue weighted by atomic mass is 32.1. The first-order chi connectivity index (χ1) is 18.0. The Morgan fingerprint density at radius 2 is 1.22 bits per heavy atom. The van der Waals surface area contributed by atoms with Gasteiger partial charge in [-0.05, 0) is 52.6 Å². The van der Waals surface area contributed by atoms with Crippen LogP contribution in [0.4, 0.5) is 0 Å². The topological polar surface area (TPSA) is 77.5 Å². The molecule has 0 unspecified atom stereocenters. The van der Waals surface area contributed by atoms with Crippen molar-refractivity contribution in [1.82, 2.24) is 0 Å². The number of methoxy groups -OCH3 is 1. The lowest BCUT2D eigenvalue weighted by atomic mass is 9.93. The summed E-state index contributed by atoms with van der Waals surface area (Å²) in [6.45, 7) is 0. The van der Waals surface area contributed by atoms with Gasteiger partial charge in [-0.2, -0.15) is 0 Å². The minimum absolute atomic E-state index is 0.0308. The van der Waals surface area contributed by atoms with Crippen LogP contribution in [0, 0.1) is 0 Å². The standard InChI is InChI=1S/C30H26O5S2/c1-35-28-15-10-20(19-23(28)25(32)12-14-27(34)30-9-5-17-37-30)18-21-6-2-3-7-22(21)24(31)11-13-26(33)29-8-4-16-36-29/h2-10,15-17,19H,11-14,18H2,1H3. The van der Waals surface area contributed by atoms with Gasteiger partial charge in [-0.25, -0.2) is 0 Å². The first-order valence-electron chi connectivity index (χ1n) is 11.9. The van der Waals surface area contributed by atoms with Crippen molar-refractivity contribution in [3.05, 3.63) is 109 Å². The van der Waals surface area contributed by atoms with Crippen molar-refractivity contribution >= 4 is 45.8 Å². The van der Waals surface area contributed by atoms with Crippen molar-refractivity contribution in [1.29, 1.82) is 0 Å². The van der Waals surface area contributed by atoms with Crippen molar-refractivity contribution in [2.24, 2.45) is 0 Å². The van der Waals surface area contributed by atoms with Crippen molar-refractivity contribution in [2.75, 3.05) is 7.11 Å². The zero-order valence-corrected chi connectivity index (χ0v) is 22.0. The van der Waals surface area contributed by atoms with E-state index in [1.165, 1.54) is 29.8 Å². The molecule has 5 nitrogen and oxygen atoms in total. The summed E-state index contributed by atoms with van der Waals surface area (Å²) in [5.74, 6) is 0.117. The average Bonchev–Trinajstić information content (AvgIpc) is 3.65. The summed E-state index contributed by atoms with van der Waals surface area (Å²) in [4.78, 5) is 52.0. The van der Waals surface area contributed by atoms with E-state index in [1.807, 2.05) is 47.2 Å². The Bertz CT molecular complexity index is 1400. The molecule has 0 aliphatic carbocycles. The van der Waals surface area contributed by atoms with E-state index in [4.69, 9.17) is 4.74 Å². The molecule has 7 heteroatoms. The molecule has 0 radical (unpaired) electrons. The lowest BCUT2D eigenvalue weighted by Gasteiger charge is -2.12. The fourth-order valence-electron chi connectivity index (χ4n) is 4.09. The van der Waals surface area contributed by atoms with E-state index in [0.717, 1.165) is 11.1 Å². The summed E-state index contributed by atoms with van der Waals surface area (Å²) in [6.07, 6.45) is 0.967. The SMILES string of the molecule is COc1ccc(Cc2ccccc2C(=O)CCC(=O)c2cccs2)cc1C(=O)CCC(=O)c1cccs1. The van der Waals surface area contributed by atoms with Gasteiger partial charge < -0.3 is 4.74 Å². The Hall–Kier alpha value is -3.68. The van der Waals surface area contributed by atoms with Gasteiger partial charge in [0.1, 0.15) is 5.75 Å². The van der Waals surface area contributed by atoms with Crippen LogP contribution in [-0.4, -0.2) is 30.2 Å². The molecule has 2 heterocycles. The molecule has 2 aromatic carbocycles. The van der Waals surface area contributed by atoms with Crippen LogP contribution in [0.2, 0.25) is 0 Å². The van der Waals surface area contributed by atoms with E-state index in [9.17, 15) is 19.2 Å². The number of carbonyl (C=O) groups is 4. The van der Waals surface area contributed by atoms with Gasteiger partial charge in [-0.15, -0.1) is 22.7 Å². The van der Waals surface area contributed by atoms with Crippen molar-refractivity contribution in [3.63, 3.8) is 0 Å². The van der Waals surface area contributed by atoms with E-state index in [-0.39, 0.29) is 48.8 Å². The van der Waals surface area contributed by atoms with E-state index in [1.54, 1.807) is 30.3 Å². The van der Waals surface area contributed by atoms with Crippen LogP contribution in [0.5, 0.6) is 5.75 Å². The van der Waals surface area contributed by atoms with Gasteiger partial charge in [-0.1, -0.05) is 42.5 Å². The van der Waals surface area contributed by atoms with Gasteiger partial charge in [0.25, 0.3) is 0 Å². The highest BCUT2D eigenvalue weighted by Gasteiger charge is 2.18. The van der Waals surface area contributed by atoms with E-state index >= 15 is 0 Å². The third-order valence-electron chi connectivity index (χ3n) is 6.03. The number of rotatable bonds is 13. The maximum Gasteiger partial charge on any atom is 0.173 e. The number of hydrogen-bond acceptors (Lipinski definition) is 7. The lowest BCUT2D eigenvalue weighted by molar-refractivity contribution is 0.0917. The first kappa shape index (κ1) is 26.4. The number of hydrogen-bond donors (Lipinski definition) is 0. The second kappa shape index (κ2) is 12.5. The van der Waals surface area contributed by atoms with Gasteiger partial charge >= 0.3 is 0 Å². The molecule has 0 saturated carbocycles. The van der Waals surface area contributed by atoms with Gasteiger partial charge in [-0.3, -0.25) is 19.2 Å². The zero-order chi connectivity index (χ0) is 26.2. The molecule has 0 spiro atoms. The Morgan fingerprint density at radius 3 is 1.78 bits per heavy atom. The molecule has 0 N–H and O–H groups in total. The maximum atomic E-state index is 13.0. The predicted octanol–water partition coefficient (Wildman–Crippen LogP) is 7.10. The van der Waals surface area contributed by atoms with Gasteiger partial charge in [0, 0.05) is 31.2 Å². The van der Waals surface area contributed by atoms with Crippen molar-refractivity contribution in [3.8, 4) is 5.75 Å². The monoisotopic (exact) mass is 530 g/mol. The lowest BCUT2D eigenvalue weighted by Crippen LogP contribution is -2.09. The normalized spacial score (nSPS) is 10.7. The molecule has 0 amide bonds. The summed E-state index contributed by atoms with van der Waals surface area (Å²) in [5, 5.41) is 3.69. The number of ketones is 4. The Labute approximate surface area is 223 Å². The predicted molar refractivity (Wildman–Crippen MR) is 147 cm³/mol. The summed E-state index contributed by atoms with van der Waals surface area (Å²) in [7, 11) is 1.51. The highest BCUT2D eigenvalue weighted by Crippen LogP contribution is 2.26. The van der Waals surface area contributed by atoms with Gasteiger partial charge in [0.2, 0.25) is 0 Å². The Balaban J connectivity index is 1.46. The van der Waals surface area contributed by atoms with Crippen LogP contribution >= 0.6 is 22.7 Å². The quantitative estimate of drug-likeness (QED) is 0.172. The van der Waals surface area contributed by atoms with Crippen LogP contribution < -0.4 is 4.74 Å². The fourth-order valence-corrected chi connectivity index (χ4v) is 5.48. The van der Waals surface area contributed by atoms with E-state index in [2.05, 4.69) is 0 Å². The van der Waals surface area contributed by atoms with Crippen LogP contribution in [0.15, 0.2) is 77.5 Å². The van der Waals surface area contributed by atoms with E-state index < -0.39 is 0 Å². The molecule has 4 aromatic rings. The summed E-state index contributed by atoms with van der Waals surface area (Å²) in [6, 6.07) is 19.9. The molecule has 0 fully saturated rings. The van der Waals surface area contributed by atoms with E-state index in [0.29, 0.717) is 33.1 Å². The number of carbonyl (C=O) groups excluding carboxylic acids is 4. The second-order valence-corrected chi connectivity index (χ2v) is 10.4. The van der Waals surface area contributed by atoms with Crippen LogP contribution in [0.3, 0.4) is 0 Å². The summed E-state index contributed by atoms with van der Waals surface area (Å²) < 4.78 is 5.41. The van der Waals surface area contributed by atoms with Gasteiger partial charge in [0.15, 0.2) is 23.1 Å². The fraction of sp³-hybridized carbons (Fsp3) is 0.200. The largest absolute Gasteiger partial charge is 0.496 e. The minimum atomic E-state index is -0.167. The molecule has 2 aromatic heterocycles. The van der Waals surface area contributed by atoms with Crippen LogP contribution in [-0.2, 0) is 6.42 Å². The number of benzene rings is 2. The third-order valence-corrected chi connectivity index (χ3v) is 7.85. The molecule has 0 bridgehead atoms. The van der Waals surface area contributed by atoms with Gasteiger partial charge in [0.05, 0.1) is 22.4 Å². The van der Waals surface area contributed by atoms with Crippen molar-refractivity contribution < 1.29 is 23.9 Å². The van der Waals surface area contributed by atoms with Crippen LogP contribution in [0.1, 0.15) is 76.9 Å². The highest BCUT2D eigenvalue weighted by molar-refractivity contribution is 7.12. The Morgan fingerprint density at radius 1 is 0.649 bits per heavy atom. The number of Topliss-reactive ketones (excluding diaryl/α,β-unsaturated/α-hetero) is 4. The molecule has 0 aliphatic heterocycles. The molecule has 0 aliphatic rings. The molecule has 188 valence electrons. The smallest absolute Gasteiger partial charge is 0.173 e. The Kier molecular flexibility index (Phi) is 8.93. The molecular formula is C30H26O5S2. The summed E-state index contributed by atoms with van der Waals surface area (Å²) in [5.41, 5.74) is 2.67. The third kappa shape index (κ3) is 6.76. The maximum absolute atomic E-state index is 13.0. The molecule has 0 saturated heterocycles. The molecular weight excluding hydrogens is 504 g/mol. The first-order valence-corrected chi connectivity index (χ1v) is 13.7. The molecule has 0 atom stereocenters. The van der Waals surface area contributed by atoms with Crippen molar-refractivity contribution in [2.45, 2.75) is 32.1 Å². The summed E-state index contributed by atoms with van der Waals surface area (Å²) >= 11 is 2.74. The number of thiophene rings is 2. The minimum Gasteiger partial charge on any atom is -0.496 e. The van der Waals surface area contributed by atoms with Crippen LogP contribution in [0.25, 0.3) is 0 Å². The molecule has 37 heavy (non-hydrogen) atoms. The number of ether oxygens (including phenoxy) is 1. The average molecular weight is 531 g/mol.